The minimum Gasteiger partial charge on any atom is -0.295 e. The summed E-state index contributed by atoms with van der Waals surface area (Å²) in [5, 5.41) is 0. The zero-order valence-corrected chi connectivity index (χ0v) is 14.0. The van der Waals surface area contributed by atoms with Crippen LogP contribution in [-0.2, 0) is 4.79 Å². The molecule has 0 aliphatic rings. The van der Waals surface area contributed by atoms with Crippen LogP contribution in [0.1, 0.15) is 48.5 Å². The highest BCUT2D eigenvalue weighted by Gasteiger charge is 2.42. The van der Waals surface area contributed by atoms with Crippen LogP contribution in [0.3, 0.4) is 0 Å². The SMILES string of the molecule is CC[Si](CC)(CC)P(C(=O)C(C)C)C(C)C. The molecule has 0 fully saturated rings. The zero-order chi connectivity index (χ0) is 12.9. The van der Waals surface area contributed by atoms with Crippen LogP contribution < -0.4 is 0 Å². The fourth-order valence-electron chi connectivity index (χ4n) is 2.58. The first-order valence-corrected chi connectivity index (χ1v) is 11.6. The Morgan fingerprint density at radius 3 is 1.56 bits per heavy atom. The van der Waals surface area contributed by atoms with Crippen molar-refractivity contribution in [3.05, 3.63) is 0 Å². The molecule has 96 valence electrons. The van der Waals surface area contributed by atoms with Gasteiger partial charge in [0, 0.05) is 5.92 Å². The van der Waals surface area contributed by atoms with Gasteiger partial charge in [-0.3, -0.25) is 4.79 Å². The topological polar surface area (TPSA) is 17.1 Å². The van der Waals surface area contributed by atoms with Crippen molar-refractivity contribution in [2.45, 2.75) is 72.3 Å². The Morgan fingerprint density at radius 2 is 1.38 bits per heavy atom. The van der Waals surface area contributed by atoms with Gasteiger partial charge in [0.1, 0.15) is 0 Å². The molecule has 1 atom stereocenters. The Morgan fingerprint density at radius 1 is 1.00 bits per heavy atom. The molecule has 0 aromatic carbocycles. The number of hydrogen-bond donors (Lipinski definition) is 0. The maximum absolute atomic E-state index is 12.5. The fourth-order valence-corrected chi connectivity index (χ4v) is 16.3. The minimum absolute atomic E-state index is 0.227. The van der Waals surface area contributed by atoms with Gasteiger partial charge in [0.05, 0.1) is 7.74 Å². The second-order valence-corrected chi connectivity index (χ2v) is 16.3. The predicted molar refractivity (Wildman–Crippen MR) is 79.1 cm³/mol. The van der Waals surface area contributed by atoms with Crippen LogP contribution >= 0.6 is 7.47 Å². The smallest absolute Gasteiger partial charge is 0.153 e. The van der Waals surface area contributed by atoms with Crippen molar-refractivity contribution in [2.75, 3.05) is 0 Å². The lowest BCUT2D eigenvalue weighted by Gasteiger charge is -2.39. The van der Waals surface area contributed by atoms with Crippen LogP contribution in [0.15, 0.2) is 0 Å². The Balaban J connectivity index is 5.23. The second-order valence-electron chi connectivity index (χ2n) is 5.24. The predicted octanol–water partition coefficient (Wildman–Crippen LogP) is 5.06. The third kappa shape index (κ3) is 3.40. The summed E-state index contributed by atoms with van der Waals surface area (Å²) in [6.07, 6.45) is 0. The summed E-state index contributed by atoms with van der Waals surface area (Å²) in [5.74, 6) is 0.227. The van der Waals surface area contributed by atoms with Gasteiger partial charge >= 0.3 is 0 Å². The molecule has 0 bridgehead atoms. The quantitative estimate of drug-likeness (QED) is 0.461. The third-order valence-corrected chi connectivity index (χ3v) is 18.9. The zero-order valence-electron chi connectivity index (χ0n) is 12.1. The third-order valence-electron chi connectivity index (χ3n) is 3.73. The van der Waals surface area contributed by atoms with Crippen LogP contribution in [0.4, 0.5) is 0 Å². The van der Waals surface area contributed by atoms with Crippen molar-refractivity contribution in [1.82, 2.24) is 0 Å². The van der Waals surface area contributed by atoms with Gasteiger partial charge in [0.2, 0.25) is 0 Å². The summed E-state index contributed by atoms with van der Waals surface area (Å²) < 4.78 is 0. The molecular formula is C13H29OPSi. The first-order chi connectivity index (χ1) is 7.36. The van der Waals surface area contributed by atoms with Crippen molar-refractivity contribution in [3.8, 4) is 0 Å². The Bertz CT molecular complexity index is 214. The van der Waals surface area contributed by atoms with E-state index in [0.717, 1.165) is 0 Å². The number of carbonyl (C=O) groups excluding carboxylic acids is 1. The molecule has 0 saturated heterocycles. The van der Waals surface area contributed by atoms with Gasteiger partial charge in [-0.05, 0) is 13.1 Å². The number of rotatable bonds is 7. The molecule has 1 nitrogen and oxygen atoms in total. The van der Waals surface area contributed by atoms with Crippen LogP contribution in [0.25, 0.3) is 0 Å². The van der Waals surface area contributed by atoms with Gasteiger partial charge in [0.25, 0.3) is 0 Å². The van der Waals surface area contributed by atoms with Crippen LogP contribution in [0, 0.1) is 5.92 Å². The summed E-state index contributed by atoms with van der Waals surface area (Å²) >= 11 is 0. The molecule has 0 N–H and O–H groups in total. The average Bonchev–Trinajstić information content (AvgIpc) is 2.24. The second kappa shape index (κ2) is 6.91. The average molecular weight is 260 g/mol. The highest BCUT2D eigenvalue weighted by Crippen LogP contribution is 2.57. The lowest BCUT2D eigenvalue weighted by atomic mass is 10.3. The molecule has 0 aliphatic heterocycles. The van der Waals surface area contributed by atoms with Crippen molar-refractivity contribution in [1.29, 1.82) is 0 Å². The number of carbonyl (C=O) groups is 1. The van der Waals surface area contributed by atoms with Crippen molar-refractivity contribution >= 4 is 20.7 Å². The summed E-state index contributed by atoms with van der Waals surface area (Å²) in [6, 6.07) is 3.84. The van der Waals surface area contributed by atoms with E-state index >= 15 is 0 Å². The summed E-state index contributed by atoms with van der Waals surface area (Å²) in [4.78, 5) is 12.5. The van der Waals surface area contributed by atoms with E-state index in [1.807, 2.05) is 0 Å². The Hall–Kier alpha value is 0.317. The normalized spacial score (nSPS) is 14.6. The van der Waals surface area contributed by atoms with Gasteiger partial charge in [-0.25, -0.2) is 0 Å². The summed E-state index contributed by atoms with van der Waals surface area (Å²) in [7, 11) is -1.69. The van der Waals surface area contributed by atoms with E-state index in [-0.39, 0.29) is 13.4 Å². The first-order valence-electron chi connectivity index (χ1n) is 6.69. The van der Waals surface area contributed by atoms with E-state index in [1.54, 1.807) is 0 Å². The van der Waals surface area contributed by atoms with Gasteiger partial charge in [-0.2, -0.15) is 0 Å². The van der Waals surface area contributed by atoms with Crippen molar-refractivity contribution in [2.24, 2.45) is 5.92 Å². The maximum atomic E-state index is 12.5. The minimum atomic E-state index is -1.32. The van der Waals surface area contributed by atoms with Gasteiger partial charge in [-0.15, -0.1) is 0 Å². The monoisotopic (exact) mass is 260 g/mol. The molecule has 0 saturated carbocycles. The van der Waals surface area contributed by atoms with Gasteiger partial charge in [-0.1, -0.05) is 66.6 Å². The highest BCUT2D eigenvalue weighted by atomic mass is 31.4. The van der Waals surface area contributed by atoms with E-state index in [2.05, 4.69) is 48.5 Å². The lowest BCUT2D eigenvalue weighted by molar-refractivity contribution is -0.113. The van der Waals surface area contributed by atoms with E-state index in [4.69, 9.17) is 0 Å². The van der Waals surface area contributed by atoms with E-state index < -0.39 is 7.74 Å². The van der Waals surface area contributed by atoms with E-state index in [0.29, 0.717) is 11.2 Å². The molecule has 16 heavy (non-hydrogen) atoms. The summed E-state index contributed by atoms with van der Waals surface area (Å²) in [5.41, 5.74) is 1.17. The molecule has 0 rings (SSSR count). The standard InChI is InChI=1S/C13H29OPSi/c1-8-16(9-2,10-3)15(12(6)7)13(14)11(4)5/h11-12H,8-10H2,1-7H3. The fraction of sp³-hybridized carbons (Fsp3) is 0.923. The van der Waals surface area contributed by atoms with Gasteiger partial charge < -0.3 is 0 Å². The van der Waals surface area contributed by atoms with Gasteiger partial charge in [0.15, 0.2) is 5.52 Å². The van der Waals surface area contributed by atoms with Crippen LogP contribution in [0.2, 0.25) is 18.1 Å². The van der Waals surface area contributed by atoms with E-state index in [9.17, 15) is 4.79 Å². The molecule has 0 spiro atoms. The molecule has 0 aromatic heterocycles. The maximum Gasteiger partial charge on any atom is 0.153 e. The van der Waals surface area contributed by atoms with Crippen molar-refractivity contribution < 1.29 is 4.79 Å². The first kappa shape index (κ1) is 16.3. The molecule has 3 heteroatoms. The summed E-state index contributed by atoms with van der Waals surface area (Å²) in [6.45, 7) is 15.6. The molecule has 0 radical (unpaired) electrons. The lowest BCUT2D eigenvalue weighted by Crippen LogP contribution is -2.36. The van der Waals surface area contributed by atoms with E-state index in [1.165, 1.54) is 18.1 Å². The molecule has 1 unspecified atom stereocenters. The highest BCUT2D eigenvalue weighted by molar-refractivity contribution is 8.06. The molecule has 0 aliphatic carbocycles. The largest absolute Gasteiger partial charge is 0.295 e. The van der Waals surface area contributed by atoms with Crippen LogP contribution in [-0.4, -0.2) is 18.9 Å². The molecular weight excluding hydrogens is 231 g/mol. The molecule has 0 aromatic rings. The molecule has 0 amide bonds. The molecule has 0 heterocycles. The van der Waals surface area contributed by atoms with Crippen LogP contribution in [0.5, 0.6) is 0 Å². The van der Waals surface area contributed by atoms with Crippen molar-refractivity contribution in [3.63, 3.8) is 0 Å². The number of hydrogen-bond acceptors (Lipinski definition) is 1. The Labute approximate surface area is 104 Å². The Kier molecular flexibility index (Phi) is 7.05.